The zero-order valence-corrected chi connectivity index (χ0v) is 21.3. The number of halogens is 3. The van der Waals surface area contributed by atoms with Gasteiger partial charge in [-0.15, -0.1) is 0 Å². The molecule has 0 aromatic heterocycles. The minimum atomic E-state index is -1.82. The van der Waals surface area contributed by atoms with Gasteiger partial charge in [0.2, 0.25) is 17.4 Å². The van der Waals surface area contributed by atoms with Crippen LogP contribution >= 0.6 is 0 Å². The standard InChI is InChI=1S/C28H27F3O6/c1-27(2,3)36-18-11-7-16(8-12-18)25(32)34-21-15-20(29)24(23(31)22(21)30)35-26(33)17-9-13-19(14-10-17)37-28(4,5)6/h7-15H,1-6H3. The summed E-state index contributed by atoms with van der Waals surface area (Å²) < 4.78 is 64.6. The van der Waals surface area contributed by atoms with Crippen molar-refractivity contribution >= 4 is 11.9 Å². The van der Waals surface area contributed by atoms with Crippen LogP contribution in [-0.4, -0.2) is 23.1 Å². The summed E-state index contributed by atoms with van der Waals surface area (Å²) in [6, 6.07) is 11.8. The summed E-state index contributed by atoms with van der Waals surface area (Å²) in [5, 5.41) is 0. The molecular formula is C28H27F3O6. The number of ether oxygens (including phenoxy) is 4. The highest BCUT2D eigenvalue weighted by atomic mass is 19.2. The van der Waals surface area contributed by atoms with E-state index in [0.717, 1.165) is 0 Å². The zero-order chi connectivity index (χ0) is 27.5. The quantitative estimate of drug-likeness (QED) is 0.202. The van der Waals surface area contributed by atoms with E-state index in [-0.39, 0.29) is 11.1 Å². The maximum atomic E-state index is 14.6. The minimum absolute atomic E-state index is 0.00383. The van der Waals surface area contributed by atoms with Gasteiger partial charge in [0.05, 0.1) is 11.1 Å². The number of hydrogen-bond donors (Lipinski definition) is 0. The third-order valence-electron chi connectivity index (χ3n) is 4.51. The number of hydrogen-bond acceptors (Lipinski definition) is 6. The van der Waals surface area contributed by atoms with Gasteiger partial charge in [-0.1, -0.05) is 0 Å². The number of carbonyl (C=O) groups is 2. The molecule has 6 nitrogen and oxygen atoms in total. The summed E-state index contributed by atoms with van der Waals surface area (Å²) in [6.07, 6.45) is 0. The molecule has 0 aliphatic rings. The Hall–Kier alpha value is -4.01. The Labute approximate surface area is 212 Å². The molecule has 0 radical (unpaired) electrons. The second kappa shape index (κ2) is 10.5. The summed E-state index contributed by atoms with van der Waals surface area (Å²) in [5.74, 6) is -8.44. The highest BCUT2D eigenvalue weighted by Crippen LogP contribution is 2.32. The Morgan fingerprint density at radius 3 is 1.43 bits per heavy atom. The van der Waals surface area contributed by atoms with Gasteiger partial charge in [0.25, 0.3) is 0 Å². The van der Waals surface area contributed by atoms with Gasteiger partial charge in [0.1, 0.15) is 22.7 Å². The molecule has 0 heterocycles. The Kier molecular flexibility index (Phi) is 7.86. The Morgan fingerprint density at radius 2 is 1.03 bits per heavy atom. The van der Waals surface area contributed by atoms with E-state index in [2.05, 4.69) is 0 Å². The molecular weight excluding hydrogens is 489 g/mol. The molecule has 0 spiro atoms. The summed E-state index contributed by atoms with van der Waals surface area (Å²) in [6.45, 7) is 11.1. The molecule has 0 saturated heterocycles. The normalized spacial score (nSPS) is 11.6. The Morgan fingerprint density at radius 1 is 0.622 bits per heavy atom. The van der Waals surface area contributed by atoms with Crippen molar-refractivity contribution in [2.45, 2.75) is 52.7 Å². The highest BCUT2D eigenvalue weighted by molar-refractivity contribution is 5.92. The predicted octanol–water partition coefficient (Wildman–Crippen LogP) is 6.90. The molecule has 0 amide bonds. The van der Waals surface area contributed by atoms with Crippen LogP contribution in [0.15, 0.2) is 54.6 Å². The third-order valence-corrected chi connectivity index (χ3v) is 4.51. The average molecular weight is 517 g/mol. The van der Waals surface area contributed by atoms with Crippen LogP contribution in [0.1, 0.15) is 62.3 Å². The lowest BCUT2D eigenvalue weighted by Gasteiger charge is -2.21. The molecule has 0 saturated carbocycles. The van der Waals surface area contributed by atoms with Gasteiger partial charge >= 0.3 is 11.9 Å². The predicted molar refractivity (Wildman–Crippen MR) is 130 cm³/mol. The first-order chi connectivity index (χ1) is 17.1. The summed E-state index contributed by atoms with van der Waals surface area (Å²) in [4.78, 5) is 24.8. The molecule has 0 N–H and O–H groups in total. The van der Waals surface area contributed by atoms with Crippen molar-refractivity contribution in [3.05, 3.63) is 83.2 Å². The number of esters is 2. The van der Waals surface area contributed by atoms with E-state index in [9.17, 15) is 22.8 Å². The fourth-order valence-electron chi connectivity index (χ4n) is 3.06. The van der Waals surface area contributed by atoms with E-state index in [1.54, 1.807) is 0 Å². The third kappa shape index (κ3) is 7.49. The molecule has 0 atom stereocenters. The number of rotatable bonds is 6. The van der Waals surface area contributed by atoms with Gasteiger partial charge in [-0.05, 0) is 90.1 Å². The van der Waals surface area contributed by atoms with Crippen LogP contribution in [0.3, 0.4) is 0 Å². The van der Waals surface area contributed by atoms with Crippen molar-refractivity contribution in [1.29, 1.82) is 0 Å². The molecule has 9 heteroatoms. The van der Waals surface area contributed by atoms with Crippen molar-refractivity contribution in [2.24, 2.45) is 0 Å². The van der Waals surface area contributed by atoms with E-state index in [1.807, 2.05) is 41.5 Å². The zero-order valence-electron chi connectivity index (χ0n) is 21.3. The van der Waals surface area contributed by atoms with Crippen molar-refractivity contribution in [3.63, 3.8) is 0 Å². The Bertz CT molecular complexity index is 1290. The van der Waals surface area contributed by atoms with E-state index in [1.165, 1.54) is 48.5 Å². The van der Waals surface area contributed by atoms with Gasteiger partial charge in [-0.3, -0.25) is 0 Å². The fourth-order valence-corrected chi connectivity index (χ4v) is 3.06. The lowest BCUT2D eigenvalue weighted by molar-refractivity contribution is 0.0699. The Balaban J connectivity index is 1.74. The second-order valence-electron chi connectivity index (χ2n) is 10.1. The van der Waals surface area contributed by atoms with E-state index in [4.69, 9.17) is 18.9 Å². The van der Waals surface area contributed by atoms with Crippen molar-refractivity contribution in [1.82, 2.24) is 0 Å². The van der Waals surface area contributed by atoms with Crippen molar-refractivity contribution in [3.8, 4) is 23.0 Å². The van der Waals surface area contributed by atoms with E-state index in [0.29, 0.717) is 17.6 Å². The molecule has 196 valence electrons. The van der Waals surface area contributed by atoms with Gasteiger partial charge in [-0.25, -0.2) is 14.0 Å². The van der Waals surface area contributed by atoms with Gasteiger partial charge in [-0.2, -0.15) is 8.78 Å². The molecule has 0 unspecified atom stereocenters. The molecule has 3 aromatic carbocycles. The van der Waals surface area contributed by atoms with Crippen LogP contribution in [0.4, 0.5) is 13.2 Å². The summed E-state index contributed by atoms with van der Waals surface area (Å²) in [7, 11) is 0. The topological polar surface area (TPSA) is 71.1 Å². The van der Waals surface area contributed by atoms with Crippen LogP contribution in [0, 0.1) is 17.5 Å². The lowest BCUT2D eigenvalue weighted by Crippen LogP contribution is -2.23. The molecule has 0 fully saturated rings. The first kappa shape index (κ1) is 27.6. The van der Waals surface area contributed by atoms with Crippen molar-refractivity contribution in [2.75, 3.05) is 0 Å². The van der Waals surface area contributed by atoms with E-state index >= 15 is 0 Å². The van der Waals surface area contributed by atoms with Gasteiger partial charge in [0.15, 0.2) is 11.6 Å². The summed E-state index contributed by atoms with van der Waals surface area (Å²) in [5.41, 5.74) is -0.984. The van der Waals surface area contributed by atoms with Crippen LogP contribution in [0.25, 0.3) is 0 Å². The molecule has 3 rings (SSSR count). The van der Waals surface area contributed by atoms with E-state index < -0.39 is 52.1 Å². The first-order valence-electron chi connectivity index (χ1n) is 11.3. The fraction of sp³-hybridized carbons (Fsp3) is 0.286. The van der Waals surface area contributed by atoms with Crippen LogP contribution < -0.4 is 18.9 Å². The lowest BCUT2D eigenvalue weighted by atomic mass is 10.1. The first-order valence-corrected chi connectivity index (χ1v) is 11.3. The number of benzene rings is 3. The largest absolute Gasteiger partial charge is 0.488 e. The smallest absolute Gasteiger partial charge is 0.343 e. The molecule has 37 heavy (non-hydrogen) atoms. The molecule has 0 aliphatic heterocycles. The van der Waals surface area contributed by atoms with Crippen LogP contribution in [0.5, 0.6) is 23.0 Å². The van der Waals surface area contributed by atoms with Gasteiger partial charge < -0.3 is 18.9 Å². The highest BCUT2D eigenvalue weighted by Gasteiger charge is 2.26. The number of carbonyl (C=O) groups excluding carboxylic acids is 2. The van der Waals surface area contributed by atoms with Crippen LogP contribution in [-0.2, 0) is 0 Å². The molecule has 0 aliphatic carbocycles. The molecule has 0 bridgehead atoms. The maximum absolute atomic E-state index is 14.6. The monoisotopic (exact) mass is 516 g/mol. The SMILES string of the molecule is CC(C)(C)Oc1ccc(C(=O)Oc2cc(F)c(OC(=O)c3ccc(OC(C)(C)C)cc3)c(F)c2F)cc1. The minimum Gasteiger partial charge on any atom is -0.488 e. The second-order valence-corrected chi connectivity index (χ2v) is 10.1. The van der Waals surface area contributed by atoms with Crippen LogP contribution in [0.2, 0.25) is 0 Å². The summed E-state index contributed by atoms with van der Waals surface area (Å²) >= 11 is 0. The van der Waals surface area contributed by atoms with Gasteiger partial charge in [0, 0.05) is 6.07 Å². The molecule has 3 aromatic rings. The maximum Gasteiger partial charge on any atom is 0.343 e. The average Bonchev–Trinajstić information content (AvgIpc) is 2.79. The van der Waals surface area contributed by atoms with Crippen molar-refractivity contribution < 1.29 is 41.7 Å².